The van der Waals surface area contributed by atoms with Crippen molar-refractivity contribution in [2.75, 3.05) is 11.4 Å². The second-order valence-corrected chi connectivity index (χ2v) is 5.70. The molecule has 0 bridgehead atoms. The quantitative estimate of drug-likeness (QED) is 0.450. The maximum atomic E-state index is 9.68. The monoisotopic (exact) mass is 328 g/mol. The molecule has 2 rings (SSSR count). The fraction of sp³-hybridized carbons (Fsp3) is 0.174. The summed E-state index contributed by atoms with van der Waals surface area (Å²) in [5.41, 5.74) is 2.85. The molecule has 0 aliphatic carbocycles. The molecule has 0 radical (unpaired) electrons. The molecule has 0 aliphatic rings. The summed E-state index contributed by atoms with van der Waals surface area (Å²) in [6.45, 7) is 6.65. The number of benzene rings is 2. The largest absolute Gasteiger partial charge is 0.333 e. The molecule has 0 spiro atoms. The Morgan fingerprint density at radius 2 is 1.76 bits per heavy atom. The van der Waals surface area contributed by atoms with Gasteiger partial charge in [-0.05, 0) is 37.1 Å². The third kappa shape index (κ3) is 5.51. The van der Waals surface area contributed by atoms with Crippen LogP contribution in [0.2, 0.25) is 0 Å². The Morgan fingerprint density at radius 1 is 1.12 bits per heavy atom. The average Bonchev–Trinajstić information content (AvgIpc) is 2.67. The number of rotatable bonds is 8. The third-order valence-electron chi connectivity index (χ3n) is 3.94. The summed E-state index contributed by atoms with van der Waals surface area (Å²) in [6.07, 6.45) is 8.94. The fourth-order valence-electron chi connectivity index (χ4n) is 2.68. The van der Waals surface area contributed by atoms with E-state index in [1.807, 2.05) is 65.6 Å². The van der Waals surface area contributed by atoms with E-state index in [9.17, 15) is 5.26 Å². The van der Waals surface area contributed by atoms with E-state index in [1.54, 1.807) is 0 Å². The summed E-state index contributed by atoms with van der Waals surface area (Å²) < 4.78 is 0. The van der Waals surface area contributed by atoms with E-state index in [-0.39, 0.29) is 5.92 Å². The summed E-state index contributed by atoms with van der Waals surface area (Å²) in [6, 6.07) is 22.6. The normalized spacial score (nSPS) is 12.6. The van der Waals surface area contributed by atoms with Gasteiger partial charge >= 0.3 is 0 Å². The average molecular weight is 328 g/mol. The van der Waals surface area contributed by atoms with Crippen LogP contribution in [-0.2, 0) is 0 Å². The summed E-state index contributed by atoms with van der Waals surface area (Å²) in [5.74, 6) is 0.130. The SMILES string of the molecule is C=CC[C@H](/C=C/c1ccccc1)/C=C(\C#N)N(CC)c1ccccc1. The van der Waals surface area contributed by atoms with Gasteiger partial charge in [0.1, 0.15) is 11.8 Å². The van der Waals surface area contributed by atoms with Gasteiger partial charge in [0.25, 0.3) is 0 Å². The Morgan fingerprint density at radius 3 is 2.32 bits per heavy atom. The topological polar surface area (TPSA) is 27.0 Å². The van der Waals surface area contributed by atoms with E-state index in [0.29, 0.717) is 5.70 Å². The van der Waals surface area contributed by atoms with Crippen LogP contribution < -0.4 is 4.90 Å². The van der Waals surface area contributed by atoms with Crippen molar-refractivity contribution in [3.8, 4) is 6.07 Å². The van der Waals surface area contributed by atoms with Crippen molar-refractivity contribution in [1.82, 2.24) is 0 Å². The molecular weight excluding hydrogens is 304 g/mol. The van der Waals surface area contributed by atoms with Gasteiger partial charge in [0.2, 0.25) is 0 Å². The van der Waals surface area contributed by atoms with Gasteiger partial charge in [-0.25, -0.2) is 0 Å². The van der Waals surface area contributed by atoms with Crippen molar-refractivity contribution in [2.45, 2.75) is 13.3 Å². The maximum Gasteiger partial charge on any atom is 0.117 e. The van der Waals surface area contributed by atoms with E-state index in [0.717, 1.165) is 24.2 Å². The Balaban J connectivity index is 2.27. The zero-order valence-electron chi connectivity index (χ0n) is 14.7. The molecule has 0 saturated carbocycles. The molecular formula is C23H24N2. The fourth-order valence-corrected chi connectivity index (χ4v) is 2.68. The van der Waals surface area contributed by atoms with E-state index in [1.165, 1.54) is 0 Å². The molecule has 0 N–H and O–H groups in total. The minimum atomic E-state index is 0.130. The highest BCUT2D eigenvalue weighted by molar-refractivity contribution is 5.56. The maximum absolute atomic E-state index is 9.68. The summed E-state index contributed by atoms with van der Waals surface area (Å²) in [7, 11) is 0. The lowest BCUT2D eigenvalue weighted by Crippen LogP contribution is -2.21. The van der Waals surface area contributed by atoms with Crippen LogP contribution in [0.1, 0.15) is 18.9 Å². The van der Waals surface area contributed by atoms with Crippen molar-refractivity contribution < 1.29 is 0 Å². The van der Waals surface area contributed by atoms with E-state index in [4.69, 9.17) is 0 Å². The van der Waals surface area contributed by atoms with Gasteiger partial charge in [-0.15, -0.1) is 6.58 Å². The lowest BCUT2D eigenvalue weighted by Gasteiger charge is -2.23. The first-order chi connectivity index (χ1) is 12.3. The van der Waals surface area contributed by atoms with Gasteiger partial charge < -0.3 is 4.90 Å². The number of nitrogens with zero attached hydrogens (tertiary/aromatic N) is 2. The standard InChI is InChI=1S/C23H24N2/c1-3-11-21(17-16-20-12-7-5-8-13-20)18-23(19-24)25(4-2)22-14-9-6-10-15-22/h3,5-10,12-18,21H,1,4,11H2,2H3/b17-16+,23-18+/t21-/m1/s1. The van der Waals surface area contributed by atoms with Crippen LogP contribution in [0, 0.1) is 17.2 Å². The number of nitriles is 1. The van der Waals surface area contributed by atoms with Crippen molar-refractivity contribution in [2.24, 2.45) is 5.92 Å². The number of allylic oxidation sites excluding steroid dienone is 4. The molecule has 0 aromatic heterocycles. The molecule has 2 nitrogen and oxygen atoms in total. The van der Waals surface area contributed by atoms with Crippen LogP contribution in [0.25, 0.3) is 6.08 Å². The van der Waals surface area contributed by atoms with Crippen LogP contribution in [0.15, 0.2) is 91.2 Å². The Bertz CT molecular complexity index is 752. The van der Waals surface area contributed by atoms with Crippen molar-refractivity contribution in [3.05, 3.63) is 96.7 Å². The third-order valence-corrected chi connectivity index (χ3v) is 3.94. The molecule has 25 heavy (non-hydrogen) atoms. The van der Waals surface area contributed by atoms with Crippen LogP contribution >= 0.6 is 0 Å². The zero-order valence-corrected chi connectivity index (χ0v) is 14.7. The molecule has 0 saturated heterocycles. The van der Waals surface area contributed by atoms with E-state index >= 15 is 0 Å². The molecule has 2 heteroatoms. The molecule has 0 heterocycles. The van der Waals surface area contributed by atoms with Crippen molar-refractivity contribution in [1.29, 1.82) is 5.26 Å². The first-order valence-electron chi connectivity index (χ1n) is 8.57. The highest BCUT2D eigenvalue weighted by atomic mass is 15.1. The first kappa shape index (κ1) is 18.3. The molecule has 2 aromatic rings. The number of hydrogen-bond donors (Lipinski definition) is 0. The first-order valence-corrected chi connectivity index (χ1v) is 8.57. The van der Waals surface area contributed by atoms with Gasteiger partial charge in [-0.3, -0.25) is 0 Å². The molecule has 2 aromatic carbocycles. The lowest BCUT2D eigenvalue weighted by molar-refractivity contribution is 0.820. The predicted molar refractivity (Wildman–Crippen MR) is 107 cm³/mol. The second kappa shape index (κ2) is 9.95. The predicted octanol–water partition coefficient (Wildman–Crippen LogP) is 5.83. The van der Waals surface area contributed by atoms with Gasteiger partial charge in [0, 0.05) is 18.2 Å². The van der Waals surface area contributed by atoms with Crippen molar-refractivity contribution >= 4 is 11.8 Å². The van der Waals surface area contributed by atoms with Crippen LogP contribution in [0.5, 0.6) is 0 Å². The summed E-state index contributed by atoms with van der Waals surface area (Å²) in [5, 5.41) is 9.68. The van der Waals surface area contributed by atoms with E-state index < -0.39 is 0 Å². The molecule has 0 unspecified atom stereocenters. The van der Waals surface area contributed by atoms with Gasteiger partial charge in [0.05, 0.1) is 0 Å². The second-order valence-electron chi connectivity index (χ2n) is 5.70. The Kier molecular flexibility index (Phi) is 7.28. The van der Waals surface area contributed by atoms with Crippen LogP contribution in [-0.4, -0.2) is 6.54 Å². The van der Waals surface area contributed by atoms with Crippen LogP contribution in [0.4, 0.5) is 5.69 Å². The molecule has 0 aliphatic heterocycles. The molecule has 0 fully saturated rings. The summed E-state index contributed by atoms with van der Waals surface area (Å²) >= 11 is 0. The number of anilines is 1. The molecule has 126 valence electrons. The van der Waals surface area contributed by atoms with Gasteiger partial charge in [0.15, 0.2) is 0 Å². The summed E-state index contributed by atoms with van der Waals surface area (Å²) in [4.78, 5) is 2.03. The minimum Gasteiger partial charge on any atom is -0.333 e. The Hall–Kier alpha value is -3.05. The van der Waals surface area contributed by atoms with Crippen LogP contribution in [0.3, 0.4) is 0 Å². The van der Waals surface area contributed by atoms with Gasteiger partial charge in [-0.2, -0.15) is 5.26 Å². The molecule has 0 amide bonds. The van der Waals surface area contributed by atoms with Gasteiger partial charge in [-0.1, -0.05) is 66.8 Å². The molecule has 1 atom stereocenters. The number of para-hydroxylation sites is 1. The highest BCUT2D eigenvalue weighted by Crippen LogP contribution is 2.21. The van der Waals surface area contributed by atoms with Crippen molar-refractivity contribution in [3.63, 3.8) is 0 Å². The number of hydrogen-bond acceptors (Lipinski definition) is 2. The Labute approximate surface area is 151 Å². The highest BCUT2D eigenvalue weighted by Gasteiger charge is 2.11. The smallest absolute Gasteiger partial charge is 0.117 e. The zero-order chi connectivity index (χ0) is 17.9. The lowest BCUT2D eigenvalue weighted by atomic mass is 10.0. The minimum absolute atomic E-state index is 0.130. The van der Waals surface area contributed by atoms with E-state index in [2.05, 4.69) is 43.9 Å².